The molecule has 154 valence electrons. The second-order valence-electron chi connectivity index (χ2n) is 6.43. The number of nitrogens with one attached hydrogen (secondary N) is 1. The third-order valence-electron chi connectivity index (χ3n) is 4.35. The van der Waals surface area contributed by atoms with E-state index in [9.17, 15) is 18.8 Å². The molecule has 10 heteroatoms. The van der Waals surface area contributed by atoms with Gasteiger partial charge in [-0.25, -0.2) is 9.37 Å². The van der Waals surface area contributed by atoms with E-state index >= 15 is 0 Å². The van der Waals surface area contributed by atoms with Gasteiger partial charge in [-0.2, -0.15) is 0 Å². The monoisotopic (exact) mass is 442 g/mol. The molecule has 30 heavy (non-hydrogen) atoms. The molecule has 0 spiro atoms. The van der Waals surface area contributed by atoms with Crippen LogP contribution in [0.3, 0.4) is 0 Å². The summed E-state index contributed by atoms with van der Waals surface area (Å²) in [5, 5.41) is 11.1. The van der Waals surface area contributed by atoms with Crippen LogP contribution < -0.4 is 0 Å². The molecule has 0 radical (unpaired) electrons. The number of ether oxygens (including phenoxy) is 1. The topological polar surface area (TPSA) is 109 Å². The van der Waals surface area contributed by atoms with Crippen LogP contribution in [0, 0.1) is 5.82 Å². The molecule has 0 fully saturated rings. The van der Waals surface area contributed by atoms with Gasteiger partial charge in [-0.05, 0) is 31.0 Å². The molecule has 7 nitrogen and oxygen atoms in total. The molecule has 3 aromatic rings. The molecule has 0 aliphatic rings. The van der Waals surface area contributed by atoms with Gasteiger partial charge in [0.2, 0.25) is 5.78 Å². The van der Waals surface area contributed by atoms with Crippen LogP contribution in [0.4, 0.5) is 4.39 Å². The Kier molecular flexibility index (Phi) is 8.72. The van der Waals surface area contributed by atoms with Crippen molar-refractivity contribution in [1.29, 1.82) is 0 Å². The molecule has 3 rings (SSSR count). The second kappa shape index (κ2) is 10.8. The summed E-state index contributed by atoms with van der Waals surface area (Å²) in [5.74, 6) is -2.17. The second-order valence-corrected chi connectivity index (χ2v) is 7.29. The van der Waals surface area contributed by atoms with Gasteiger partial charge in [0, 0.05) is 35.3 Å². The van der Waals surface area contributed by atoms with Crippen LogP contribution in [0.1, 0.15) is 59.8 Å². The van der Waals surface area contributed by atoms with E-state index in [1.165, 1.54) is 24.4 Å². The fourth-order valence-corrected chi connectivity index (χ4v) is 3.71. The summed E-state index contributed by atoms with van der Waals surface area (Å²) in [6.45, 7) is 1.82. The van der Waals surface area contributed by atoms with Gasteiger partial charge in [0.25, 0.3) is 0 Å². The molecule has 0 aliphatic carbocycles. The van der Waals surface area contributed by atoms with Crippen molar-refractivity contribution < 1.29 is 28.6 Å². The van der Waals surface area contributed by atoms with Gasteiger partial charge >= 0.3 is 41.5 Å². The van der Waals surface area contributed by atoms with Crippen LogP contribution in [0.25, 0.3) is 10.9 Å². The number of aliphatic carboxylic acids is 1. The average Bonchev–Trinajstić information content (AvgIpc) is 3.32. The zero-order valence-electron chi connectivity index (χ0n) is 15.6. The van der Waals surface area contributed by atoms with E-state index in [2.05, 4.69) is 9.97 Å². The predicted octanol–water partition coefficient (Wildman–Crippen LogP) is 3.60. The van der Waals surface area contributed by atoms with Crippen molar-refractivity contribution >= 4 is 69.5 Å². The summed E-state index contributed by atoms with van der Waals surface area (Å²) >= 11 is 1.14. The van der Waals surface area contributed by atoms with Gasteiger partial charge in [0.15, 0.2) is 5.01 Å². The Hall–Kier alpha value is -2.07. The van der Waals surface area contributed by atoms with E-state index in [1.807, 2.05) is 6.92 Å². The van der Waals surface area contributed by atoms with Crippen LogP contribution in [0.2, 0.25) is 0 Å². The molecule has 0 aliphatic heterocycles. The Bertz CT molecular complexity index is 1060. The van der Waals surface area contributed by atoms with E-state index in [0.29, 0.717) is 28.6 Å². The third kappa shape index (κ3) is 5.75. The first-order valence-electron chi connectivity index (χ1n) is 9.07. The molecule has 0 amide bonds. The molecule has 1 unspecified atom stereocenters. The van der Waals surface area contributed by atoms with Crippen molar-refractivity contribution in [3.63, 3.8) is 0 Å². The number of H-pyrrole nitrogens is 1. The Morgan fingerprint density at radius 2 is 2.07 bits per heavy atom. The number of esters is 1. The molecule has 2 heterocycles. The fourth-order valence-electron chi connectivity index (χ4n) is 2.89. The third-order valence-corrected chi connectivity index (χ3v) is 5.21. The molecular weight excluding hydrogens is 422 g/mol. The van der Waals surface area contributed by atoms with Gasteiger partial charge in [-0.1, -0.05) is 6.92 Å². The number of fused-ring (bicyclic) bond motifs is 1. The maximum atomic E-state index is 13.3. The van der Waals surface area contributed by atoms with Gasteiger partial charge < -0.3 is 14.8 Å². The SMILES string of the molecule is CCC(OC(=O)CCCC(=O)O)c1csc(C(=O)c2c[nH]c3cc(F)ccc23)n1.[NaH]. The van der Waals surface area contributed by atoms with Crippen LogP contribution in [-0.4, -0.2) is 62.4 Å². The molecule has 1 atom stereocenters. The molecule has 0 bridgehead atoms. The molecule has 2 aromatic heterocycles. The normalized spacial score (nSPS) is 11.7. The first-order valence-corrected chi connectivity index (χ1v) is 9.95. The summed E-state index contributed by atoms with van der Waals surface area (Å²) in [5.41, 5.74) is 1.38. The Balaban J connectivity index is 0.00000320. The zero-order chi connectivity index (χ0) is 21.0. The number of hydrogen-bond acceptors (Lipinski definition) is 6. The van der Waals surface area contributed by atoms with Crippen molar-refractivity contribution in [1.82, 2.24) is 9.97 Å². The number of ketones is 1. The first kappa shape index (κ1) is 24.2. The number of nitrogens with zero attached hydrogens (tertiary/aromatic N) is 1. The molecule has 0 saturated carbocycles. The Morgan fingerprint density at radius 1 is 1.30 bits per heavy atom. The van der Waals surface area contributed by atoms with Crippen LogP contribution >= 0.6 is 11.3 Å². The van der Waals surface area contributed by atoms with Crippen molar-refractivity contribution in [2.45, 2.75) is 38.7 Å². The quantitative estimate of drug-likeness (QED) is 0.298. The summed E-state index contributed by atoms with van der Waals surface area (Å²) in [4.78, 5) is 42.5. The summed E-state index contributed by atoms with van der Waals surface area (Å²) in [6.07, 6.45) is 1.48. The van der Waals surface area contributed by atoms with Crippen LogP contribution in [0.15, 0.2) is 29.8 Å². The van der Waals surface area contributed by atoms with Gasteiger partial charge in [-0.15, -0.1) is 11.3 Å². The summed E-state index contributed by atoms with van der Waals surface area (Å²) in [6, 6.07) is 4.14. The van der Waals surface area contributed by atoms with Crippen molar-refractivity contribution in [3.8, 4) is 0 Å². The van der Waals surface area contributed by atoms with E-state index < -0.39 is 23.9 Å². The number of carbonyl (C=O) groups excluding carboxylic acids is 2. The van der Waals surface area contributed by atoms with Gasteiger partial charge in [0.05, 0.1) is 11.3 Å². The Morgan fingerprint density at radius 3 is 2.77 bits per heavy atom. The van der Waals surface area contributed by atoms with E-state index in [0.717, 1.165) is 11.3 Å². The number of halogens is 1. The maximum absolute atomic E-state index is 13.3. The molecule has 2 N–H and O–H groups in total. The number of carboxylic acid groups (broad SMARTS) is 1. The van der Waals surface area contributed by atoms with Crippen molar-refractivity contribution in [2.24, 2.45) is 0 Å². The number of hydrogen-bond donors (Lipinski definition) is 2. The molecule has 1 aromatic carbocycles. The number of carboxylic acids is 1. The zero-order valence-corrected chi connectivity index (χ0v) is 16.4. The van der Waals surface area contributed by atoms with E-state index in [1.54, 1.807) is 5.38 Å². The number of aromatic amines is 1. The van der Waals surface area contributed by atoms with E-state index in [4.69, 9.17) is 9.84 Å². The average molecular weight is 442 g/mol. The first-order chi connectivity index (χ1) is 13.9. The number of thiazole rings is 1. The van der Waals surface area contributed by atoms with Crippen molar-refractivity contribution in [3.05, 3.63) is 51.9 Å². The number of aromatic nitrogens is 2. The van der Waals surface area contributed by atoms with E-state index in [-0.39, 0.29) is 59.6 Å². The fraction of sp³-hybridized carbons (Fsp3) is 0.300. The number of carbonyl (C=O) groups is 3. The summed E-state index contributed by atoms with van der Waals surface area (Å²) < 4.78 is 18.7. The minimum atomic E-state index is -0.965. The van der Waals surface area contributed by atoms with Crippen LogP contribution in [0.5, 0.6) is 0 Å². The minimum absolute atomic E-state index is 0. The standard InChI is InChI=1S/C20H19FN2O5S.Na.H/c1-2-16(28-18(26)5-3-4-17(24)25)15-10-29-20(23-15)19(27)13-9-22-14-8-11(21)6-7-12(13)14;;/h6-10,16,22H,2-5H2,1H3,(H,24,25);;. The van der Waals surface area contributed by atoms with Gasteiger partial charge in [-0.3, -0.25) is 14.4 Å². The predicted molar refractivity (Wildman–Crippen MR) is 112 cm³/mol. The summed E-state index contributed by atoms with van der Waals surface area (Å²) in [7, 11) is 0. The molecular formula is C20H20FN2NaO5S. The number of benzene rings is 1. The van der Waals surface area contributed by atoms with Crippen LogP contribution in [-0.2, 0) is 14.3 Å². The Labute approximate surface area is 197 Å². The van der Waals surface area contributed by atoms with Crippen molar-refractivity contribution in [2.75, 3.05) is 0 Å². The number of rotatable bonds is 9. The van der Waals surface area contributed by atoms with Gasteiger partial charge in [0.1, 0.15) is 11.9 Å². The molecule has 0 saturated heterocycles.